The first-order valence-electron chi connectivity index (χ1n) is 9.04. The molecular weight excluding hydrogens is 326 g/mol. The second-order valence-corrected chi connectivity index (χ2v) is 6.47. The first-order chi connectivity index (χ1) is 12.6. The van der Waals surface area contributed by atoms with E-state index in [1.165, 1.54) is 11.3 Å². The Bertz CT molecular complexity index is 869. The van der Waals surface area contributed by atoms with Gasteiger partial charge in [-0.05, 0) is 61.9 Å². The zero-order chi connectivity index (χ0) is 18.5. The quantitative estimate of drug-likeness (QED) is 0.868. The minimum atomic E-state index is -0.262. The van der Waals surface area contributed by atoms with E-state index in [-0.39, 0.29) is 6.03 Å². The third kappa shape index (κ3) is 3.99. The molecule has 134 valence electrons. The van der Waals surface area contributed by atoms with Crippen LogP contribution in [0.4, 0.5) is 10.5 Å². The van der Waals surface area contributed by atoms with E-state index in [0.29, 0.717) is 18.5 Å². The number of nitrogens with one attached hydrogen (secondary N) is 2. The molecule has 2 aromatic rings. The first kappa shape index (κ1) is 17.9. The summed E-state index contributed by atoms with van der Waals surface area (Å²) in [6.07, 6.45) is 4.60. The standard InChI is InChI=1S/C20H23N5O/c1-3-15-11-14(12-21)7-8-17(15)25-20(26)22-10-9-19-23-13(2)16-5-4-6-18(16)24-19/h7-8,11H,3-6,9-10H2,1-2H3,(H2,22,25,26). The lowest BCUT2D eigenvalue weighted by Crippen LogP contribution is -2.31. The Morgan fingerprint density at radius 3 is 2.92 bits per heavy atom. The van der Waals surface area contributed by atoms with Gasteiger partial charge in [0, 0.05) is 30.0 Å². The lowest BCUT2D eigenvalue weighted by atomic mass is 10.1. The SMILES string of the molecule is CCc1cc(C#N)ccc1NC(=O)NCCc1nc(C)c2c(n1)CCC2. The third-order valence-corrected chi connectivity index (χ3v) is 4.68. The maximum Gasteiger partial charge on any atom is 0.319 e. The van der Waals surface area contributed by atoms with E-state index in [0.717, 1.165) is 48.5 Å². The van der Waals surface area contributed by atoms with Crippen molar-refractivity contribution in [3.8, 4) is 6.07 Å². The second-order valence-electron chi connectivity index (χ2n) is 6.47. The van der Waals surface area contributed by atoms with Gasteiger partial charge in [-0.15, -0.1) is 0 Å². The maximum absolute atomic E-state index is 12.2. The van der Waals surface area contributed by atoms with E-state index in [9.17, 15) is 4.79 Å². The molecule has 2 amide bonds. The highest BCUT2D eigenvalue weighted by atomic mass is 16.2. The molecule has 0 fully saturated rings. The number of benzene rings is 1. The molecule has 0 spiro atoms. The van der Waals surface area contributed by atoms with Crippen molar-refractivity contribution >= 4 is 11.7 Å². The maximum atomic E-state index is 12.2. The van der Waals surface area contributed by atoms with E-state index < -0.39 is 0 Å². The van der Waals surface area contributed by atoms with E-state index in [2.05, 4.69) is 26.7 Å². The van der Waals surface area contributed by atoms with Crippen LogP contribution in [0.25, 0.3) is 0 Å². The molecule has 0 aliphatic heterocycles. The molecule has 1 aromatic heterocycles. The minimum absolute atomic E-state index is 0.262. The van der Waals surface area contributed by atoms with Crippen molar-refractivity contribution in [2.24, 2.45) is 0 Å². The first-order valence-corrected chi connectivity index (χ1v) is 9.04. The van der Waals surface area contributed by atoms with Gasteiger partial charge in [-0.2, -0.15) is 5.26 Å². The number of carbonyl (C=O) groups excluding carboxylic acids is 1. The van der Waals surface area contributed by atoms with Gasteiger partial charge in [-0.1, -0.05) is 6.92 Å². The van der Waals surface area contributed by atoms with Crippen LogP contribution < -0.4 is 10.6 Å². The van der Waals surface area contributed by atoms with Crippen molar-refractivity contribution in [2.75, 3.05) is 11.9 Å². The van der Waals surface area contributed by atoms with Gasteiger partial charge >= 0.3 is 6.03 Å². The molecule has 6 heteroatoms. The van der Waals surface area contributed by atoms with Crippen LogP contribution >= 0.6 is 0 Å². The van der Waals surface area contributed by atoms with Gasteiger partial charge in [0.25, 0.3) is 0 Å². The number of hydrogen-bond donors (Lipinski definition) is 2. The summed E-state index contributed by atoms with van der Waals surface area (Å²) >= 11 is 0. The van der Waals surface area contributed by atoms with Gasteiger partial charge in [0.05, 0.1) is 11.6 Å². The molecule has 0 bridgehead atoms. The Hall–Kier alpha value is -2.94. The zero-order valence-electron chi connectivity index (χ0n) is 15.2. The predicted octanol–water partition coefficient (Wildman–Crippen LogP) is 3.07. The van der Waals surface area contributed by atoms with Gasteiger partial charge in [0.15, 0.2) is 0 Å². The fraction of sp³-hybridized carbons (Fsp3) is 0.400. The van der Waals surface area contributed by atoms with Gasteiger partial charge in [0.1, 0.15) is 5.82 Å². The number of fused-ring (bicyclic) bond motifs is 1. The molecule has 0 saturated heterocycles. The Morgan fingerprint density at radius 2 is 2.15 bits per heavy atom. The van der Waals surface area contributed by atoms with Gasteiger partial charge < -0.3 is 10.6 Å². The molecule has 6 nitrogen and oxygen atoms in total. The third-order valence-electron chi connectivity index (χ3n) is 4.68. The van der Waals surface area contributed by atoms with Crippen molar-refractivity contribution in [2.45, 2.75) is 46.0 Å². The largest absolute Gasteiger partial charge is 0.337 e. The van der Waals surface area contributed by atoms with E-state index >= 15 is 0 Å². The van der Waals surface area contributed by atoms with Crippen LogP contribution in [-0.2, 0) is 25.7 Å². The van der Waals surface area contributed by atoms with E-state index in [4.69, 9.17) is 5.26 Å². The minimum Gasteiger partial charge on any atom is -0.337 e. The van der Waals surface area contributed by atoms with Crippen molar-refractivity contribution in [1.29, 1.82) is 5.26 Å². The van der Waals surface area contributed by atoms with Crippen LogP contribution in [0.5, 0.6) is 0 Å². The smallest absolute Gasteiger partial charge is 0.319 e. The summed E-state index contributed by atoms with van der Waals surface area (Å²) in [6, 6.07) is 7.13. The molecule has 1 heterocycles. The van der Waals surface area contributed by atoms with Crippen LogP contribution in [0.15, 0.2) is 18.2 Å². The van der Waals surface area contributed by atoms with Crippen LogP contribution in [0.2, 0.25) is 0 Å². The molecule has 0 atom stereocenters. The highest BCUT2D eigenvalue weighted by Crippen LogP contribution is 2.22. The molecule has 0 saturated carbocycles. The number of nitriles is 1. The monoisotopic (exact) mass is 349 g/mol. The Morgan fingerprint density at radius 1 is 1.31 bits per heavy atom. The Kier molecular flexibility index (Phi) is 5.47. The van der Waals surface area contributed by atoms with Crippen LogP contribution in [0.1, 0.15) is 47.2 Å². The lowest BCUT2D eigenvalue weighted by molar-refractivity contribution is 0.252. The number of nitrogens with zero attached hydrogens (tertiary/aromatic N) is 3. The number of urea groups is 1. The normalized spacial score (nSPS) is 12.3. The highest BCUT2D eigenvalue weighted by Gasteiger charge is 2.16. The molecule has 1 aliphatic carbocycles. The summed E-state index contributed by atoms with van der Waals surface area (Å²) in [4.78, 5) is 21.3. The summed E-state index contributed by atoms with van der Waals surface area (Å²) in [5, 5.41) is 14.7. The van der Waals surface area contributed by atoms with Crippen LogP contribution in [0.3, 0.4) is 0 Å². The summed E-state index contributed by atoms with van der Waals surface area (Å²) in [5.74, 6) is 0.788. The molecule has 2 N–H and O–H groups in total. The number of amides is 2. The van der Waals surface area contributed by atoms with Crippen LogP contribution in [0, 0.1) is 18.3 Å². The number of aromatic nitrogens is 2. The molecule has 3 rings (SSSR count). The number of rotatable bonds is 5. The van der Waals surface area contributed by atoms with Crippen molar-refractivity contribution in [1.82, 2.24) is 15.3 Å². The summed E-state index contributed by atoms with van der Waals surface area (Å²) in [7, 11) is 0. The second kappa shape index (κ2) is 7.96. The zero-order valence-corrected chi connectivity index (χ0v) is 15.2. The van der Waals surface area contributed by atoms with Crippen LogP contribution in [-0.4, -0.2) is 22.5 Å². The Labute approximate surface area is 153 Å². The number of aryl methyl sites for hydroxylation is 3. The average molecular weight is 349 g/mol. The van der Waals surface area contributed by atoms with E-state index in [1.807, 2.05) is 13.8 Å². The molecular formula is C20H23N5O. The molecule has 0 radical (unpaired) electrons. The summed E-state index contributed by atoms with van der Waals surface area (Å²) in [5.41, 5.74) is 5.80. The highest BCUT2D eigenvalue weighted by molar-refractivity contribution is 5.90. The topological polar surface area (TPSA) is 90.7 Å². The average Bonchev–Trinajstić information content (AvgIpc) is 3.11. The fourth-order valence-electron chi connectivity index (χ4n) is 3.33. The number of anilines is 1. The van der Waals surface area contributed by atoms with Crippen molar-refractivity contribution < 1.29 is 4.79 Å². The van der Waals surface area contributed by atoms with Gasteiger partial charge in [-0.3, -0.25) is 0 Å². The van der Waals surface area contributed by atoms with E-state index in [1.54, 1.807) is 18.2 Å². The van der Waals surface area contributed by atoms with Gasteiger partial charge in [-0.25, -0.2) is 14.8 Å². The van der Waals surface area contributed by atoms with Crippen molar-refractivity contribution in [3.05, 3.63) is 52.1 Å². The number of carbonyl (C=O) groups is 1. The van der Waals surface area contributed by atoms with Crippen molar-refractivity contribution in [3.63, 3.8) is 0 Å². The molecule has 1 aromatic carbocycles. The summed E-state index contributed by atoms with van der Waals surface area (Å²) < 4.78 is 0. The molecule has 0 unspecified atom stereocenters. The lowest BCUT2D eigenvalue weighted by Gasteiger charge is -2.12. The summed E-state index contributed by atoms with van der Waals surface area (Å²) in [6.45, 7) is 4.50. The molecule has 1 aliphatic rings. The Balaban J connectivity index is 1.55. The fourth-order valence-corrected chi connectivity index (χ4v) is 3.33. The number of hydrogen-bond acceptors (Lipinski definition) is 4. The predicted molar refractivity (Wildman–Crippen MR) is 100 cm³/mol. The molecule has 26 heavy (non-hydrogen) atoms. The van der Waals surface area contributed by atoms with Gasteiger partial charge in [0.2, 0.25) is 0 Å².